The van der Waals surface area contributed by atoms with E-state index in [-0.39, 0.29) is 0 Å². The molecule has 23 heavy (non-hydrogen) atoms. The van der Waals surface area contributed by atoms with Gasteiger partial charge in [-0.1, -0.05) is 19.3 Å². The number of nitrogens with zero attached hydrogens (tertiary/aromatic N) is 4. The molecular formula is C17H27N5O. The van der Waals surface area contributed by atoms with Crippen molar-refractivity contribution in [2.75, 3.05) is 43.1 Å². The summed E-state index contributed by atoms with van der Waals surface area (Å²) in [5, 5.41) is 3.43. The van der Waals surface area contributed by atoms with Gasteiger partial charge >= 0.3 is 0 Å². The third-order valence-electron chi connectivity index (χ3n) is 5.17. The van der Waals surface area contributed by atoms with E-state index in [0.717, 1.165) is 56.5 Å². The Bertz CT molecular complexity index is 524. The van der Waals surface area contributed by atoms with Gasteiger partial charge in [0, 0.05) is 25.6 Å². The molecule has 126 valence electrons. The topological polar surface area (TPSA) is 63.2 Å². The number of morpholine rings is 1. The second-order valence-electron chi connectivity index (χ2n) is 7.06. The lowest BCUT2D eigenvalue weighted by atomic mass is 9.82. The maximum absolute atomic E-state index is 5.43. The van der Waals surface area contributed by atoms with Gasteiger partial charge < -0.3 is 15.0 Å². The lowest BCUT2D eigenvalue weighted by molar-refractivity contribution is 0.122. The number of nitrogens with one attached hydrogen (secondary N) is 1. The minimum atomic E-state index is 0.549. The van der Waals surface area contributed by atoms with Gasteiger partial charge in [0.25, 0.3) is 0 Å². The van der Waals surface area contributed by atoms with Crippen molar-refractivity contribution >= 4 is 11.9 Å². The van der Waals surface area contributed by atoms with Gasteiger partial charge in [-0.05, 0) is 31.6 Å². The highest BCUT2D eigenvalue weighted by Crippen LogP contribution is 2.38. The average Bonchev–Trinajstić information content (AvgIpc) is 3.38. The van der Waals surface area contributed by atoms with Crippen LogP contribution in [0.15, 0.2) is 0 Å². The Morgan fingerprint density at radius 1 is 1.04 bits per heavy atom. The van der Waals surface area contributed by atoms with Crippen LogP contribution in [0, 0.1) is 5.92 Å². The molecular weight excluding hydrogens is 290 g/mol. The predicted octanol–water partition coefficient (Wildman–Crippen LogP) is 2.58. The van der Waals surface area contributed by atoms with Crippen LogP contribution in [0.3, 0.4) is 0 Å². The van der Waals surface area contributed by atoms with E-state index in [1.54, 1.807) is 0 Å². The third kappa shape index (κ3) is 3.91. The third-order valence-corrected chi connectivity index (χ3v) is 5.17. The van der Waals surface area contributed by atoms with Crippen molar-refractivity contribution in [1.29, 1.82) is 0 Å². The molecule has 1 aliphatic heterocycles. The van der Waals surface area contributed by atoms with Gasteiger partial charge in [0.05, 0.1) is 13.2 Å². The molecule has 2 saturated carbocycles. The molecule has 0 radical (unpaired) electrons. The summed E-state index contributed by atoms with van der Waals surface area (Å²) in [6, 6.07) is 0. The zero-order valence-corrected chi connectivity index (χ0v) is 13.8. The summed E-state index contributed by atoms with van der Waals surface area (Å²) < 4.78 is 5.43. The summed E-state index contributed by atoms with van der Waals surface area (Å²) in [5.41, 5.74) is 0. The van der Waals surface area contributed by atoms with Crippen LogP contribution in [-0.2, 0) is 4.74 Å². The standard InChI is InChI=1S/C17H27N5O/c1-3-13(4-1)5-2-8-18-16-19-15(14-6-7-14)20-17(21-16)22-9-11-23-12-10-22/h13-14H,1-12H2,(H,18,19,20,21). The molecule has 0 unspecified atom stereocenters. The van der Waals surface area contributed by atoms with Crippen molar-refractivity contribution in [2.24, 2.45) is 5.92 Å². The maximum Gasteiger partial charge on any atom is 0.230 e. The number of rotatable bonds is 7. The molecule has 3 fully saturated rings. The second kappa shape index (κ2) is 6.99. The molecule has 0 amide bonds. The molecule has 1 saturated heterocycles. The molecule has 0 bridgehead atoms. The van der Waals surface area contributed by atoms with Gasteiger partial charge in [-0.15, -0.1) is 0 Å². The summed E-state index contributed by atoms with van der Waals surface area (Å²) in [7, 11) is 0. The quantitative estimate of drug-likeness (QED) is 0.780. The Kier molecular flexibility index (Phi) is 4.60. The zero-order chi connectivity index (χ0) is 15.5. The fourth-order valence-electron chi connectivity index (χ4n) is 3.26. The van der Waals surface area contributed by atoms with Crippen LogP contribution >= 0.6 is 0 Å². The molecule has 0 spiro atoms. The highest BCUT2D eigenvalue weighted by molar-refractivity contribution is 5.38. The van der Waals surface area contributed by atoms with Crippen LogP contribution in [-0.4, -0.2) is 47.8 Å². The zero-order valence-electron chi connectivity index (χ0n) is 13.8. The maximum atomic E-state index is 5.43. The number of anilines is 2. The van der Waals surface area contributed by atoms with E-state index < -0.39 is 0 Å². The first-order valence-corrected chi connectivity index (χ1v) is 9.21. The van der Waals surface area contributed by atoms with Crippen molar-refractivity contribution in [3.8, 4) is 0 Å². The highest BCUT2D eigenvalue weighted by atomic mass is 16.5. The fourth-order valence-corrected chi connectivity index (χ4v) is 3.26. The molecule has 1 aromatic rings. The summed E-state index contributed by atoms with van der Waals surface area (Å²) in [4.78, 5) is 16.2. The summed E-state index contributed by atoms with van der Waals surface area (Å²) in [5.74, 6) is 4.08. The molecule has 6 heteroatoms. The predicted molar refractivity (Wildman–Crippen MR) is 89.9 cm³/mol. The Morgan fingerprint density at radius 2 is 1.87 bits per heavy atom. The van der Waals surface area contributed by atoms with Crippen molar-refractivity contribution in [2.45, 2.75) is 50.9 Å². The first-order chi connectivity index (χ1) is 11.4. The van der Waals surface area contributed by atoms with Crippen LogP contribution in [0.5, 0.6) is 0 Å². The van der Waals surface area contributed by atoms with Crippen molar-refractivity contribution < 1.29 is 4.74 Å². The van der Waals surface area contributed by atoms with Crippen LogP contribution in [0.1, 0.15) is 56.7 Å². The van der Waals surface area contributed by atoms with Gasteiger partial charge in [0.1, 0.15) is 5.82 Å². The summed E-state index contributed by atoms with van der Waals surface area (Å²) in [6.45, 7) is 4.22. The lowest BCUT2D eigenvalue weighted by Gasteiger charge is -2.27. The van der Waals surface area contributed by atoms with Crippen molar-refractivity contribution in [3.63, 3.8) is 0 Å². The normalized spacial score (nSPS) is 22.0. The number of aromatic nitrogens is 3. The second-order valence-corrected chi connectivity index (χ2v) is 7.06. The van der Waals surface area contributed by atoms with Gasteiger partial charge in [-0.3, -0.25) is 0 Å². The highest BCUT2D eigenvalue weighted by Gasteiger charge is 2.29. The lowest BCUT2D eigenvalue weighted by Crippen LogP contribution is -2.37. The monoisotopic (exact) mass is 317 g/mol. The van der Waals surface area contributed by atoms with Gasteiger partial charge in [0.2, 0.25) is 11.9 Å². The van der Waals surface area contributed by atoms with Crippen LogP contribution in [0.25, 0.3) is 0 Å². The molecule has 2 aliphatic carbocycles. The minimum absolute atomic E-state index is 0.549. The Morgan fingerprint density at radius 3 is 2.57 bits per heavy atom. The van der Waals surface area contributed by atoms with E-state index in [1.165, 1.54) is 44.9 Å². The molecule has 3 aliphatic rings. The van der Waals surface area contributed by atoms with E-state index in [0.29, 0.717) is 5.92 Å². The Hall–Kier alpha value is -1.43. The Balaban J connectivity index is 1.38. The van der Waals surface area contributed by atoms with E-state index >= 15 is 0 Å². The van der Waals surface area contributed by atoms with E-state index in [4.69, 9.17) is 9.72 Å². The van der Waals surface area contributed by atoms with E-state index in [2.05, 4.69) is 20.2 Å². The van der Waals surface area contributed by atoms with Crippen LogP contribution in [0.4, 0.5) is 11.9 Å². The molecule has 0 aromatic carbocycles. The Labute approximate surface area is 138 Å². The van der Waals surface area contributed by atoms with Gasteiger partial charge in [-0.25, -0.2) is 0 Å². The minimum Gasteiger partial charge on any atom is -0.378 e. The first-order valence-electron chi connectivity index (χ1n) is 9.21. The molecule has 1 N–H and O–H groups in total. The molecule has 6 nitrogen and oxygen atoms in total. The fraction of sp³-hybridized carbons (Fsp3) is 0.824. The van der Waals surface area contributed by atoms with Crippen LogP contribution < -0.4 is 10.2 Å². The van der Waals surface area contributed by atoms with Crippen molar-refractivity contribution in [1.82, 2.24) is 15.0 Å². The first kappa shape index (κ1) is 15.1. The van der Waals surface area contributed by atoms with Crippen molar-refractivity contribution in [3.05, 3.63) is 5.82 Å². The van der Waals surface area contributed by atoms with Gasteiger partial charge in [-0.2, -0.15) is 15.0 Å². The van der Waals surface area contributed by atoms with E-state index in [9.17, 15) is 0 Å². The summed E-state index contributed by atoms with van der Waals surface area (Å²) >= 11 is 0. The number of hydrogen-bond donors (Lipinski definition) is 1. The molecule has 4 rings (SSSR count). The largest absolute Gasteiger partial charge is 0.378 e. The average molecular weight is 317 g/mol. The molecule has 0 atom stereocenters. The van der Waals surface area contributed by atoms with E-state index in [1.807, 2.05) is 0 Å². The molecule has 2 heterocycles. The summed E-state index contributed by atoms with van der Waals surface area (Å²) in [6.07, 6.45) is 9.27. The number of ether oxygens (including phenoxy) is 1. The van der Waals surface area contributed by atoms with Crippen LogP contribution in [0.2, 0.25) is 0 Å². The smallest absolute Gasteiger partial charge is 0.230 e. The molecule has 1 aromatic heterocycles. The SMILES string of the molecule is C(CNc1nc(C2CC2)nc(N2CCOCC2)n1)CC1CCC1. The van der Waals surface area contributed by atoms with Gasteiger partial charge in [0.15, 0.2) is 0 Å². The number of hydrogen-bond acceptors (Lipinski definition) is 6.